The average Bonchev–Trinajstić information content (AvgIpc) is 2.50. The number of hydrogen-bond donors (Lipinski definition) is 2. The molecule has 1 spiro atoms. The van der Waals surface area contributed by atoms with E-state index in [-0.39, 0.29) is 16.9 Å². The molecule has 0 saturated heterocycles. The zero-order valence-electron chi connectivity index (χ0n) is 12.9. The van der Waals surface area contributed by atoms with E-state index in [0.717, 1.165) is 30.4 Å². The number of likely N-dealkylation sites (N-methyl/N-ethyl adjacent to an activating group) is 1. The van der Waals surface area contributed by atoms with Crippen molar-refractivity contribution in [3.8, 4) is 0 Å². The summed E-state index contributed by atoms with van der Waals surface area (Å²) < 4.78 is 14.2. The first kappa shape index (κ1) is 14.4. The molecule has 0 bridgehead atoms. The van der Waals surface area contributed by atoms with E-state index >= 15 is 0 Å². The number of rotatable bonds is 0. The van der Waals surface area contributed by atoms with Gasteiger partial charge in [0.15, 0.2) is 0 Å². The van der Waals surface area contributed by atoms with Gasteiger partial charge in [0.2, 0.25) is 0 Å². The minimum absolute atomic E-state index is 0.167. The Balaban J connectivity index is 1.93. The quantitative estimate of drug-likeness (QED) is 0.772. The van der Waals surface area contributed by atoms with Crippen molar-refractivity contribution < 1.29 is 4.39 Å². The van der Waals surface area contributed by atoms with Gasteiger partial charge < -0.3 is 4.98 Å². The highest BCUT2D eigenvalue weighted by atomic mass is 19.1. The second kappa shape index (κ2) is 4.89. The molecule has 5 nitrogen and oxygen atoms in total. The molecule has 4 rings (SSSR count). The molecule has 2 aromatic rings. The van der Waals surface area contributed by atoms with Crippen molar-refractivity contribution in [2.45, 2.75) is 37.8 Å². The molecule has 1 aromatic heterocycles. The first-order valence-corrected chi connectivity index (χ1v) is 7.85. The lowest BCUT2D eigenvalue weighted by Gasteiger charge is -2.48. The largest absolute Gasteiger partial charge is 0.325 e. The van der Waals surface area contributed by atoms with Crippen LogP contribution in [-0.2, 0) is 24.9 Å². The molecule has 0 fully saturated rings. The molecule has 1 aromatic carbocycles. The highest BCUT2D eigenvalue weighted by Gasteiger charge is 2.44. The standard InChI is InChI=1S/C17H18FN3O2/c1-21-9-11-14(19-16(23)20-15(11)22)8-17(21)7-3-4-10-12(17)5-2-6-13(10)18/h2,5-6H,3-4,7-9H2,1H3,(H2,19,20,22,23). The van der Waals surface area contributed by atoms with E-state index in [9.17, 15) is 14.0 Å². The van der Waals surface area contributed by atoms with E-state index in [1.54, 1.807) is 6.07 Å². The third kappa shape index (κ3) is 2.01. The van der Waals surface area contributed by atoms with Crippen LogP contribution in [0.5, 0.6) is 0 Å². The monoisotopic (exact) mass is 315 g/mol. The maximum atomic E-state index is 14.2. The summed E-state index contributed by atoms with van der Waals surface area (Å²) in [5, 5.41) is 0. The Kier molecular flexibility index (Phi) is 3.06. The van der Waals surface area contributed by atoms with E-state index in [4.69, 9.17) is 0 Å². The summed E-state index contributed by atoms with van der Waals surface area (Å²) in [6, 6.07) is 5.22. The van der Waals surface area contributed by atoms with E-state index in [1.165, 1.54) is 6.07 Å². The predicted octanol–water partition coefficient (Wildman–Crippen LogP) is 1.42. The Bertz CT molecular complexity index is 901. The number of H-pyrrole nitrogens is 2. The van der Waals surface area contributed by atoms with Crippen LogP contribution in [0.2, 0.25) is 0 Å². The zero-order chi connectivity index (χ0) is 16.2. The van der Waals surface area contributed by atoms with Gasteiger partial charge >= 0.3 is 5.69 Å². The number of halogens is 1. The van der Waals surface area contributed by atoms with Gasteiger partial charge in [-0.2, -0.15) is 0 Å². The number of hydrogen-bond acceptors (Lipinski definition) is 3. The maximum absolute atomic E-state index is 14.2. The highest BCUT2D eigenvalue weighted by Crippen LogP contribution is 2.45. The van der Waals surface area contributed by atoms with Crippen LogP contribution < -0.4 is 11.2 Å². The van der Waals surface area contributed by atoms with Crippen molar-refractivity contribution in [3.05, 3.63) is 67.2 Å². The van der Waals surface area contributed by atoms with E-state index in [1.807, 2.05) is 13.1 Å². The van der Waals surface area contributed by atoms with Crippen LogP contribution in [0.1, 0.15) is 35.2 Å². The third-order valence-electron chi connectivity index (χ3n) is 5.36. The van der Waals surface area contributed by atoms with Crippen LogP contribution in [-0.4, -0.2) is 21.9 Å². The first-order valence-electron chi connectivity index (χ1n) is 7.85. The Hall–Kier alpha value is -2.21. The second-order valence-electron chi connectivity index (χ2n) is 6.55. The number of nitrogens with one attached hydrogen (secondary N) is 2. The van der Waals surface area contributed by atoms with Gasteiger partial charge in [0.1, 0.15) is 5.82 Å². The summed E-state index contributed by atoms with van der Waals surface area (Å²) in [6.07, 6.45) is 3.03. The summed E-state index contributed by atoms with van der Waals surface area (Å²) in [6.45, 7) is 0.442. The van der Waals surface area contributed by atoms with Crippen molar-refractivity contribution in [3.63, 3.8) is 0 Å². The van der Waals surface area contributed by atoms with E-state index in [0.29, 0.717) is 24.2 Å². The molecule has 120 valence electrons. The van der Waals surface area contributed by atoms with Crippen molar-refractivity contribution >= 4 is 0 Å². The molecule has 6 heteroatoms. The summed E-state index contributed by atoms with van der Waals surface area (Å²) >= 11 is 0. The Morgan fingerprint density at radius 3 is 2.87 bits per heavy atom. The molecule has 2 aliphatic rings. The maximum Gasteiger partial charge on any atom is 0.325 e. The molecular formula is C17H18FN3O2. The van der Waals surface area contributed by atoms with Gasteiger partial charge in [0.05, 0.1) is 11.1 Å². The average molecular weight is 315 g/mol. The van der Waals surface area contributed by atoms with Crippen LogP contribution in [0.15, 0.2) is 27.8 Å². The molecule has 0 amide bonds. The number of fused-ring (bicyclic) bond motifs is 3. The van der Waals surface area contributed by atoms with E-state index < -0.39 is 5.69 Å². The SMILES string of the molecule is CN1Cc2c([nH]c(=O)[nH]c2=O)CC12CCCc1c(F)cccc12. The Morgan fingerprint density at radius 2 is 2.04 bits per heavy atom. The molecule has 1 aliphatic heterocycles. The topological polar surface area (TPSA) is 69.0 Å². The smallest absolute Gasteiger partial charge is 0.311 e. The van der Waals surface area contributed by atoms with Gasteiger partial charge in [-0.25, -0.2) is 9.18 Å². The van der Waals surface area contributed by atoms with Gasteiger partial charge in [-0.05, 0) is 43.5 Å². The fourth-order valence-corrected chi connectivity index (χ4v) is 4.21. The van der Waals surface area contributed by atoms with Crippen LogP contribution in [0.4, 0.5) is 4.39 Å². The van der Waals surface area contributed by atoms with Gasteiger partial charge in [0.25, 0.3) is 5.56 Å². The molecule has 2 heterocycles. The normalized spacial score (nSPS) is 23.6. The molecule has 2 N–H and O–H groups in total. The molecule has 0 saturated carbocycles. The van der Waals surface area contributed by atoms with Gasteiger partial charge in [0, 0.05) is 18.7 Å². The lowest BCUT2D eigenvalue weighted by atomic mass is 9.70. The van der Waals surface area contributed by atoms with Crippen molar-refractivity contribution in [2.24, 2.45) is 0 Å². The molecule has 1 aliphatic carbocycles. The number of aromatic nitrogens is 2. The van der Waals surface area contributed by atoms with Crippen LogP contribution in [0.3, 0.4) is 0 Å². The summed E-state index contributed by atoms with van der Waals surface area (Å²) in [5.41, 5.74) is 1.85. The molecule has 1 unspecified atom stereocenters. The number of nitrogens with zero attached hydrogens (tertiary/aromatic N) is 1. The summed E-state index contributed by atoms with van der Waals surface area (Å²) in [7, 11) is 1.97. The molecule has 0 radical (unpaired) electrons. The minimum Gasteiger partial charge on any atom is -0.311 e. The van der Waals surface area contributed by atoms with Gasteiger partial charge in [-0.1, -0.05) is 12.1 Å². The van der Waals surface area contributed by atoms with Crippen LogP contribution in [0, 0.1) is 5.82 Å². The zero-order valence-corrected chi connectivity index (χ0v) is 12.9. The summed E-state index contributed by atoms with van der Waals surface area (Å²) in [4.78, 5) is 30.9. The van der Waals surface area contributed by atoms with Crippen molar-refractivity contribution in [1.29, 1.82) is 0 Å². The first-order chi connectivity index (χ1) is 11.0. The van der Waals surface area contributed by atoms with Crippen molar-refractivity contribution in [2.75, 3.05) is 7.05 Å². The van der Waals surface area contributed by atoms with Gasteiger partial charge in [-0.3, -0.25) is 14.7 Å². The van der Waals surface area contributed by atoms with Crippen molar-refractivity contribution in [1.82, 2.24) is 14.9 Å². The van der Waals surface area contributed by atoms with Crippen LogP contribution >= 0.6 is 0 Å². The predicted molar refractivity (Wildman–Crippen MR) is 83.9 cm³/mol. The fraction of sp³-hybridized carbons (Fsp3) is 0.412. The fourth-order valence-electron chi connectivity index (χ4n) is 4.21. The molecule has 1 atom stereocenters. The summed E-state index contributed by atoms with van der Waals surface area (Å²) in [5.74, 6) is -0.167. The Morgan fingerprint density at radius 1 is 1.22 bits per heavy atom. The van der Waals surface area contributed by atoms with Gasteiger partial charge in [-0.15, -0.1) is 0 Å². The van der Waals surface area contributed by atoms with E-state index in [2.05, 4.69) is 14.9 Å². The lowest BCUT2D eigenvalue weighted by molar-refractivity contribution is 0.0713. The molecular weight excluding hydrogens is 297 g/mol. The van der Waals surface area contributed by atoms with Crippen LogP contribution in [0.25, 0.3) is 0 Å². The Labute approximate surface area is 132 Å². The third-order valence-corrected chi connectivity index (χ3v) is 5.36. The minimum atomic E-state index is -0.483. The number of benzene rings is 1. The lowest BCUT2D eigenvalue weighted by Crippen LogP contribution is -2.52. The highest BCUT2D eigenvalue weighted by molar-refractivity contribution is 5.40. The molecule has 23 heavy (non-hydrogen) atoms. The second-order valence-corrected chi connectivity index (χ2v) is 6.55. The number of aromatic amines is 2.